The number of rotatable bonds is 2. The lowest BCUT2D eigenvalue weighted by molar-refractivity contribution is -0.137. The predicted molar refractivity (Wildman–Crippen MR) is 87.0 cm³/mol. The Labute approximate surface area is 141 Å². The van der Waals surface area contributed by atoms with Crippen molar-refractivity contribution in [1.29, 1.82) is 5.26 Å². The third-order valence-corrected chi connectivity index (χ3v) is 3.64. The van der Waals surface area contributed by atoms with E-state index < -0.39 is 11.7 Å². The highest BCUT2D eigenvalue weighted by Gasteiger charge is 2.30. The molecule has 0 saturated heterocycles. The average molecular weight is 340 g/mol. The van der Waals surface area contributed by atoms with Crippen molar-refractivity contribution in [1.82, 2.24) is 9.97 Å². The van der Waals surface area contributed by atoms with E-state index in [9.17, 15) is 18.4 Å². The van der Waals surface area contributed by atoms with E-state index in [4.69, 9.17) is 5.73 Å². The Morgan fingerprint density at radius 1 is 1.04 bits per heavy atom. The van der Waals surface area contributed by atoms with Crippen molar-refractivity contribution < 1.29 is 13.2 Å². The number of nitriles is 1. The van der Waals surface area contributed by atoms with Crippen molar-refractivity contribution in [2.75, 3.05) is 5.73 Å². The largest absolute Gasteiger partial charge is 0.416 e. The summed E-state index contributed by atoms with van der Waals surface area (Å²) in [5.74, 6) is 0.0127. The Kier molecular flexibility index (Phi) is 4.11. The van der Waals surface area contributed by atoms with Gasteiger partial charge < -0.3 is 5.73 Å². The molecule has 0 unspecified atom stereocenters. The molecule has 0 bridgehead atoms. The van der Waals surface area contributed by atoms with Crippen LogP contribution in [-0.2, 0) is 6.18 Å². The fourth-order valence-electron chi connectivity index (χ4n) is 2.41. The highest BCUT2D eigenvalue weighted by molar-refractivity contribution is 5.80. The van der Waals surface area contributed by atoms with Gasteiger partial charge in [0, 0.05) is 23.5 Å². The van der Waals surface area contributed by atoms with E-state index in [1.54, 1.807) is 30.6 Å². The molecule has 2 heterocycles. The third-order valence-electron chi connectivity index (χ3n) is 3.64. The molecular formula is C18H11F3N4. The number of alkyl halides is 3. The Hall–Kier alpha value is -3.40. The maximum atomic E-state index is 12.7. The summed E-state index contributed by atoms with van der Waals surface area (Å²) in [4.78, 5) is 8.20. The van der Waals surface area contributed by atoms with E-state index in [-0.39, 0.29) is 11.4 Å². The first-order chi connectivity index (χ1) is 11.9. The summed E-state index contributed by atoms with van der Waals surface area (Å²) < 4.78 is 38.2. The zero-order valence-electron chi connectivity index (χ0n) is 12.7. The molecule has 3 rings (SSSR count). The molecule has 124 valence electrons. The van der Waals surface area contributed by atoms with Crippen LogP contribution in [0.4, 0.5) is 19.0 Å². The van der Waals surface area contributed by atoms with Crippen LogP contribution in [0.2, 0.25) is 0 Å². The number of nitrogens with two attached hydrogens (primary N) is 1. The van der Waals surface area contributed by atoms with Crippen molar-refractivity contribution in [3.63, 3.8) is 0 Å². The summed E-state index contributed by atoms with van der Waals surface area (Å²) in [5.41, 5.74) is 7.27. The molecule has 0 atom stereocenters. The van der Waals surface area contributed by atoms with E-state index >= 15 is 0 Å². The van der Waals surface area contributed by atoms with E-state index in [2.05, 4.69) is 9.97 Å². The lowest BCUT2D eigenvalue weighted by atomic mass is 9.98. The van der Waals surface area contributed by atoms with Gasteiger partial charge in [-0.3, -0.25) is 4.98 Å². The standard InChI is InChI=1S/C18H11F3N4/c19-18(20,21)13-5-3-11(4-6-13)14-8-16(12-2-1-7-24-10-12)25-17(23)15(14)9-22/h1-8,10H,(H2,23,25). The minimum absolute atomic E-state index is 0.0127. The second-order valence-electron chi connectivity index (χ2n) is 5.24. The van der Waals surface area contributed by atoms with Gasteiger partial charge in [0.2, 0.25) is 0 Å². The molecule has 0 fully saturated rings. The van der Waals surface area contributed by atoms with Gasteiger partial charge in [-0.05, 0) is 35.9 Å². The minimum atomic E-state index is -4.42. The fraction of sp³-hybridized carbons (Fsp3) is 0.0556. The molecule has 0 amide bonds. The zero-order chi connectivity index (χ0) is 18.0. The number of benzene rings is 1. The minimum Gasteiger partial charge on any atom is -0.383 e. The second-order valence-corrected chi connectivity index (χ2v) is 5.24. The Morgan fingerprint density at radius 3 is 2.32 bits per heavy atom. The maximum Gasteiger partial charge on any atom is 0.416 e. The van der Waals surface area contributed by atoms with E-state index in [0.717, 1.165) is 12.1 Å². The molecule has 0 radical (unpaired) electrons. The summed E-state index contributed by atoms with van der Waals surface area (Å²) in [6, 6.07) is 11.6. The van der Waals surface area contributed by atoms with Gasteiger partial charge in [-0.2, -0.15) is 18.4 Å². The number of nitrogen functional groups attached to an aromatic ring is 1. The van der Waals surface area contributed by atoms with Crippen LogP contribution < -0.4 is 5.73 Å². The van der Waals surface area contributed by atoms with E-state index in [1.807, 2.05) is 6.07 Å². The first kappa shape index (κ1) is 16.5. The van der Waals surface area contributed by atoms with Crippen LogP contribution in [-0.4, -0.2) is 9.97 Å². The highest BCUT2D eigenvalue weighted by Crippen LogP contribution is 2.34. The number of nitrogens with zero attached hydrogens (tertiary/aromatic N) is 3. The third kappa shape index (κ3) is 3.28. The number of halogens is 3. The molecular weight excluding hydrogens is 329 g/mol. The van der Waals surface area contributed by atoms with Crippen LogP contribution in [0.25, 0.3) is 22.4 Å². The lowest BCUT2D eigenvalue weighted by Gasteiger charge is -2.11. The molecule has 2 aromatic heterocycles. The predicted octanol–water partition coefficient (Wildman–Crippen LogP) is 4.28. The quantitative estimate of drug-likeness (QED) is 0.755. The number of anilines is 1. The van der Waals surface area contributed by atoms with Gasteiger partial charge >= 0.3 is 6.18 Å². The van der Waals surface area contributed by atoms with Crippen LogP contribution in [0.5, 0.6) is 0 Å². The van der Waals surface area contributed by atoms with Crippen molar-refractivity contribution in [3.05, 3.63) is 66.0 Å². The Balaban J connectivity index is 2.15. The first-order valence-electron chi connectivity index (χ1n) is 7.19. The van der Waals surface area contributed by atoms with Gasteiger partial charge in [0.05, 0.1) is 11.3 Å². The van der Waals surface area contributed by atoms with Crippen LogP contribution in [0.3, 0.4) is 0 Å². The molecule has 4 nitrogen and oxygen atoms in total. The Bertz CT molecular complexity index is 943. The molecule has 25 heavy (non-hydrogen) atoms. The van der Waals surface area contributed by atoms with Gasteiger partial charge in [0.25, 0.3) is 0 Å². The van der Waals surface area contributed by atoms with Gasteiger partial charge in [0.15, 0.2) is 0 Å². The molecule has 7 heteroatoms. The Morgan fingerprint density at radius 2 is 1.76 bits per heavy atom. The van der Waals surface area contributed by atoms with Gasteiger partial charge in [-0.1, -0.05) is 12.1 Å². The van der Waals surface area contributed by atoms with Crippen molar-refractivity contribution in [2.24, 2.45) is 0 Å². The topological polar surface area (TPSA) is 75.6 Å². The molecule has 0 aliphatic carbocycles. The van der Waals surface area contributed by atoms with Gasteiger partial charge in [-0.15, -0.1) is 0 Å². The van der Waals surface area contributed by atoms with Crippen LogP contribution in [0.1, 0.15) is 11.1 Å². The monoisotopic (exact) mass is 340 g/mol. The molecule has 2 N–H and O–H groups in total. The fourth-order valence-corrected chi connectivity index (χ4v) is 2.41. The number of hydrogen-bond donors (Lipinski definition) is 1. The molecule has 0 aliphatic heterocycles. The molecule has 1 aromatic carbocycles. The first-order valence-corrected chi connectivity index (χ1v) is 7.19. The van der Waals surface area contributed by atoms with Crippen molar-refractivity contribution >= 4 is 5.82 Å². The van der Waals surface area contributed by atoms with E-state index in [0.29, 0.717) is 22.4 Å². The van der Waals surface area contributed by atoms with Crippen LogP contribution >= 0.6 is 0 Å². The molecule has 0 aliphatic rings. The smallest absolute Gasteiger partial charge is 0.383 e. The summed E-state index contributed by atoms with van der Waals surface area (Å²) in [7, 11) is 0. The van der Waals surface area contributed by atoms with Gasteiger partial charge in [0.1, 0.15) is 17.5 Å². The number of pyridine rings is 2. The van der Waals surface area contributed by atoms with E-state index in [1.165, 1.54) is 12.1 Å². The summed E-state index contributed by atoms with van der Waals surface area (Å²) >= 11 is 0. The average Bonchev–Trinajstić information content (AvgIpc) is 2.61. The van der Waals surface area contributed by atoms with Crippen molar-refractivity contribution in [2.45, 2.75) is 6.18 Å². The van der Waals surface area contributed by atoms with Crippen LogP contribution in [0.15, 0.2) is 54.9 Å². The summed E-state index contributed by atoms with van der Waals surface area (Å²) in [6.07, 6.45) is -1.23. The van der Waals surface area contributed by atoms with Crippen molar-refractivity contribution in [3.8, 4) is 28.5 Å². The molecule has 3 aromatic rings. The molecule has 0 saturated carbocycles. The maximum absolute atomic E-state index is 12.7. The molecule has 0 spiro atoms. The van der Waals surface area contributed by atoms with Gasteiger partial charge in [-0.25, -0.2) is 4.98 Å². The normalized spacial score (nSPS) is 11.1. The second kappa shape index (κ2) is 6.24. The zero-order valence-corrected chi connectivity index (χ0v) is 12.7. The SMILES string of the molecule is N#Cc1c(-c2ccc(C(F)(F)F)cc2)cc(-c2cccnc2)nc1N. The summed E-state index contributed by atoms with van der Waals surface area (Å²) in [5, 5.41) is 9.34. The lowest BCUT2D eigenvalue weighted by Crippen LogP contribution is -2.04. The number of hydrogen-bond acceptors (Lipinski definition) is 4. The van der Waals surface area contributed by atoms with Crippen LogP contribution in [0, 0.1) is 11.3 Å². The highest BCUT2D eigenvalue weighted by atomic mass is 19.4. The summed E-state index contributed by atoms with van der Waals surface area (Å²) in [6.45, 7) is 0. The number of aromatic nitrogens is 2.